The number of piperidine rings is 1. The van der Waals surface area contributed by atoms with E-state index in [0.29, 0.717) is 30.8 Å². The SMILES string of the molecule is CCOC(=O)c1c(C)[nH]c(C)c1S(=O)(=O)N1CCC[C@H](C(=O)NC2CCCCCC2)C1. The summed E-state index contributed by atoms with van der Waals surface area (Å²) in [5.41, 5.74) is 0.934. The van der Waals surface area contributed by atoms with E-state index in [4.69, 9.17) is 4.74 Å². The second-order valence-corrected chi connectivity index (χ2v) is 10.6. The van der Waals surface area contributed by atoms with Crippen molar-refractivity contribution < 1.29 is 22.7 Å². The number of rotatable bonds is 6. The highest BCUT2D eigenvalue weighted by Crippen LogP contribution is 2.31. The Labute approximate surface area is 185 Å². The van der Waals surface area contributed by atoms with Crippen molar-refractivity contribution in [2.24, 2.45) is 5.92 Å². The summed E-state index contributed by atoms with van der Waals surface area (Å²) in [6.45, 7) is 5.62. The third-order valence-electron chi connectivity index (χ3n) is 6.35. The molecular weight excluding hydrogens is 418 g/mol. The molecule has 3 rings (SSSR count). The van der Waals surface area contributed by atoms with Crippen LogP contribution in [0.3, 0.4) is 0 Å². The number of ether oxygens (including phenoxy) is 1. The summed E-state index contributed by atoms with van der Waals surface area (Å²) in [4.78, 5) is 28.3. The van der Waals surface area contributed by atoms with Crippen LogP contribution in [0.5, 0.6) is 0 Å². The van der Waals surface area contributed by atoms with Crippen molar-refractivity contribution in [3.8, 4) is 0 Å². The Morgan fingerprint density at radius 3 is 2.39 bits per heavy atom. The predicted molar refractivity (Wildman–Crippen MR) is 117 cm³/mol. The first-order valence-corrected chi connectivity index (χ1v) is 12.9. The Morgan fingerprint density at radius 2 is 1.74 bits per heavy atom. The zero-order valence-corrected chi connectivity index (χ0v) is 19.6. The molecule has 0 aromatic carbocycles. The standard InChI is InChI=1S/C22H35N3O5S/c1-4-30-22(27)19-15(2)23-16(3)20(19)31(28,29)25-13-9-10-17(14-25)21(26)24-18-11-7-5-6-8-12-18/h17-18,23H,4-14H2,1-3H3,(H,24,26)/t17-/m0/s1. The van der Waals surface area contributed by atoms with E-state index in [2.05, 4.69) is 10.3 Å². The minimum atomic E-state index is -3.95. The summed E-state index contributed by atoms with van der Waals surface area (Å²) in [6, 6.07) is 0.187. The van der Waals surface area contributed by atoms with Gasteiger partial charge >= 0.3 is 5.97 Å². The van der Waals surface area contributed by atoms with Gasteiger partial charge in [-0.3, -0.25) is 4.79 Å². The number of nitrogens with one attached hydrogen (secondary N) is 2. The molecule has 1 saturated heterocycles. The molecule has 174 valence electrons. The average Bonchev–Trinajstić information content (AvgIpc) is 2.88. The van der Waals surface area contributed by atoms with Crippen LogP contribution in [-0.4, -0.2) is 55.3 Å². The largest absolute Gasteiger partial charge is 0.462 e. The van der Waals surface area contributed by atoms with Crippen LogP contribution in [0, 0.1) is 19.8 Å². The number of hydrogen-bond acceptors (Lipinski definition) is 5. The molecule has 2 N–H and O–H groups in total. The number of nitrogens with zero attached hydrogens (tertiary/aromatic N) is 1. The fraction of sp³-hybridized carbons (Fsp3) is 0.727. The van der Waals surface area contributed by atoms with Crippen molar-refractivity contribution in [1.29, 1.82) is 0 Å². The summed E-state index contributed by atoms with van der Waals surface area (Å²) < 4.78 is 33.5. The first kappa shape index (κ1) is 23.8. The van der Waals surface area contributed by atoms with Gasteiger partial charge in [0.25, 0.3) is 0 Å². The number of esters is 1. The monoisotopic (exact) mass is 453 g/mol. The molecule has 0 radical (unpaired) electrons. The molecule has 1 aromatic heterocycles. The van der Waals surface area contributed by atoms with E-state index in [1.165, 1.54) is 17.1 Å². The summed E-state index contributed by atoms with van der Waals surface area (Å²) in [6.07, 6.45) is 7.92. The Morgan fingerprint density at radius 1 is 1.06 bits per heavy atom. The van der Waals surface area contributed by atoms with E-state index in [1.807, 2.05) is 0 Å². The lowest BCUT2D eigenvalue weighted by molar-refractivity contribution is -0.126. The number of carbonyl (C=O) groups excluding carboxylic acids is 2. The number of aromatic amines is 1. The van der Waals surface area contributed by atoms with Gasteiger partial charge in [-0.25, -0.2) is 13.2 Å². The van der Waals surface area contributed by atoms with Gasteiger partial charge in [0.15, 0.2) is 0 Å². The predicted octanol–water partition coefficient (Wildman–Crippen LogP) is 3.05. The van der Waals surface area contributed by atoms with Crippen molar-refractivity contribution in [2.75, 3.05) is 19.7 Å². The maximum Gasteiger partial charge on any atom is 0.341 e. The summed E-state index contributed by atoms with van der Waals surface area (Å²) in [7, 11) is -3.95. The lowest BCUT2D eigenvalue weighted by Crippen LogP contribution is -2.47. The van der Waals surface area contributed by atoms with Gasteiger partial charge in [0.05, 0.1) is 12.5 Å². The number of aryl methyl sites for hydroxylation is 2. The Balaban J connectivity index is 1.78. The van der Waals surface area contributed by atoms with E-state index in [9.17, 15) is 18.0 Å². The Hall–Kier alpha value is -1.87. The summed E-state index contributed by atoms with van der Waals surface area (Å²) in [5.74, 6) is -1.08. The summed E-state index contributed by atoms with van der Waals surface area (Å²) in [5, 5.41) is 3.16. The van der Waals surface area contributed by atoms with Gasteiger partial charge in [-0.05, 0) is 46.5 Å². The first-order chi connectivity index (χ1) is 14.8. The van der Waals surface area contributed by atoms with Crippen LogP contribution < -0.4 is 5.32 Å². The van der Waals surface area contributed by atoms with Crippen molar-refractivity contribution in [2.45, 2.75) is 83.1 Å². The molecule has 2 aliphatic rings. The maximum absolute atomic E-state index is 13.5. The normalized spacial score (nSPS) is 21.5. The van der Waals surface area contributed by atoms with E-state index in [-0.39, 0.29) is 41.5 Å². The van der Waals surface area contributed by atoms with Gasteiger partial charge in [0.2, 0.25) is 15.9 Å². The molecule has 1 aliphatic carbocycles. The molecule has 1 atom stereocenters. The van der Waals surface area contributed by atoms with Crippen molar-refractivity contribution in [3.05, 3.63) is 17.0 Å². The zero-order chi connectivity index (χ0) is 22.6. The van der Waals surface area contributed by atoms with E-state index in [0.717, 1.165) is 25.7 Å². The van der Waals surface area contributed by atoms with Gasteiger partial charge in [-0.2, -0.15) is 4.31 Å². The highest BCUT2D eigenvalue weighted by atomic mass is 32.2. The third-order valence-corrected chi connectivity index (χ3v) is 8.39. The molecule has 2 heterocycles. The van der Waals surface area contributed by atoms with Crippen molar-refractivity contribution in [3.63, 3.8) is 0 Å². The minimum absolute atomic E-state index is 0.0340. The van der Waals surface area contributed by atoms with E-state index in [1.54, 1.807) is 20.8 Å². The highest BCUT2D eigenvalue weighted by Gasteiger charge is 2.38. The van der Waals surface area contributed by atoms with Crippen LogP contribution in [0.2, 0.25) is 0 Å². The van der Waals surface area contributed by atoms with Gasteiger partial charge in [-0.1, -0.05) is 25.7 Å². The first-order valence-electron chi connectivity index (χ1n) is 11.4. The molecule has 1 saturated carbocycles. The van der Waals surface area contributed by atoms with E-state index < -0.39 is 16.0 Å². The fourth-order valence-electron chi connectivity index (χ4n) is 4.78. The number of sulfonamides is 1. The van der Waals surface area contributed by atoms with Gasteiger partial charge in [0.1, 0.15) is 10.5 Å². The third kappa shape index (κ3) is 5.31. The molecule has 0 spiro atoms. The van der Waals surface area contributed by atoms with Crippen LogP contribution in [-0.2, 0) is 19.6 Å². The molecule has 1 aliphatic heterocycles. The highest BCUT2D eigenvalue weighted by molar-refractivity contribution is 7.89. The molecule has 2 fully saturated rings. The molecule has 9 heteroatoms. The smallest absolute Gasteiger partial charge is 0.341 e. The van der Waals surface area contributed by atoms with Crippen molar-refractivity contribution in [1.82, 2.24) is 14.6 Å². The molecule has 1 amide bonds. The van der Waals surface area contributed by atoms with Gasteiger partial charge in [0, 0.05) is 30.5 Å². The van der Waals surface area contributed by atoms with Gasteiger partial charge in [-0.15, -0.1) is 0 Å². The topological polar surface area (TPSA) is 109 Å². The van der Waals surface area contributed by atoms with Gasteiger partial charge < -0.3 is 15.0 Å². The molecule has 1 aromatic rings. The molecule has 0 bridgehead atoms. The summed E-state index contributed by atoms with van der Waals surface area (Å²) >= 11 is 0. The van der Waals surface area contributed by atoms with E-state index >= 15 is 0 Å². The number of carbonyl (C=O) groups is 2. The average molecular weight is 454 g/mol. The van der Waals surface area contributed by atoms with Crippen LogP contribution >= 0.6 is 0 Å². The maximum atomic E-state index is 13.5. The quantitative estimate of drug-likeness (QED) is 0.508. The molecule has 0 unspecified atom stereocenters. The van der Waals surface area contributed by atoms with Crippen LogP contribution in [0.1, 0.15) is 80.0 Å². The van der Waals surface area contributed by atoms with Crippen molar-refractivity contribution >= 4 is 21.9 Å². The minimum Gasteiger partial charge on any atom is -0.462 e. The second-order valence-electron chi connectivity index (χ2n) is 8.70. The van der Waals surface area contributed by atoms with Crippen LogP contribution in [0.4, 0.5) is 0 Å². The Kier molecular flexibility index (Phi) is 7.80. The lowest BCUT2D eigenvalue weighted by atomic mass is 9.97. The fourth-order valence-corrected chi connectivity index (χ4v) is 6.71. The molecular formula is C22H35N3O5S. The number of H-pyrrole nitrogens is 1. The lowest BCUT2D eigenvalue weighted by Gasteiger charge is -2.32. The van der Waals surface area contributed by atoms with Crippen LogP contribution in [0.25, 0.3) is 0 Å². The second kappa shape index (κ2) is 10.2. The number of amides is 1. The molecule has 8 nitrogen and oxygen atoms in total. The zero-order valence-electron chi connectivity index (χ0n) is 18.8. The number of aromatic nitrogens is 1. The molecule has 31 heavy (non-hydrogen) atoms. The Bertz CT molecular complexity index is 900. The number of hydrogen-bond donors (Lipinski definition) is 2. The van der Waals surface area contributed by atoms with Crippen LogP contribution in [0.15, 0.2) is 4.90 Å².